The fraction of sp³-hybridized carbons (Fsp3) is 0. The molecule has 0 saturated carbocycles. The molecule has 0 atom stereocenters. The van der Waals surface area contributed by atoms with E-state index in [1.54, 1.807) is 0 Å². The number of aromatic nitrogens is 1. The Bertz CT molecular complexity index is 639. The number of benzene rings is 1. The minimum absolute atomic E-state index is 0.0817. The zero-order valence-electron chi connectivity index (χ0n) is 9.12. The fourth-order valence-electron chi connectivity index (χ4n) is 1.27. The summed E-state index contributed by atoms with van der Waals surface area (Å²) >= 11 is 0. The van der Waals surface area contributed by atoms with Crippen molar-refractivity contribution in [2.24, 2.45) is 0 Å². The van der Waals surface area contributed by atoms with Crippen molar-refractivity contribution < 1.29 is 22.3 Å². The highest BCUT2D eigenvalue weighted by molar-refractivity contribution is 5.37. The minimum Gasteiger partial charge on any atom is -0.451 e. The van der Waals surface area contributed by atoms with Crippen molar-refractivity contribution in [2.45, 2.75) is 0 Å². The smallest absolute Gasteiger partial charge is 0.255 e. The lowest BCUT2D eigenvalue weighted by atomic mass is 10.2. The zero-order chi connectivity index (χ0) is 14.0. The van der Waals surface area contributed by atoms with Gasteiger partial charge in [0.15, 0.2) is 0 Å². The summed E-state index contributed by atoms with van der Waals surface area (Å²) in [4.78, 5) is 2.40. The van der Waals surface area contributed by atoms with Crippen LogP contribution in [0.1, 0.15) is 5.56 Å². The van der Waals surface area contributed by atoms with Gasteiger partial charge in [-0.05, 0) is 24.3 Å². The molecule has 96 valence electrons. The Morgan fingerprint density at radius 3 is 1.95 bits per heavy atom. The average Bonchev–Trinajstić information content (AvgIpc) is 2.42. The molecule has 0 fully saturated rings. The van der Waals surface area contributed by atoms with Crippen molar-refractivity contribution in [3.8, 4) is 17.6 Å². The van der Waals surface area contributed by atoms with Crippen LogP contribution in [0.2, 0.25) is 0 Å². The molecule has 1 aromatic heterocycles. The van der Waals surface area contributed by atoms with Crippen molar-refractivity contribution in [2.75, 3.05) is 0 Å². The quantitative estimate of drug-likeness (QED) is 0.620. The van der Waals surface area contributed by atoms with Crippen molar-refractivity contribution in [1.82, 2.24) is 4.98 Å². The SMILES string of the molecule is N#Cc1ccc(Oc2c(F)c(F)nc(F)c2F)cc1. The van der Waals surface area contributed by atoms with E-state index < -0.39 is 29.3 Å². The van der Waals surface area contributed by atoms with E-state index in [9.17, 15) is 17.6 Å². The Hall–Kier alpha value is -2.62. The van der Waals surface area contributed by atoms with Crippen LogP contribution < -0.4 is 4.74 Å². The van der Waals surface area contributed by atoms with Crippen LogP contribution in [0, 0.1) is 34.9 Å². The lowest BCUT2D eigenvalue weighted by Gasteiger charge is -2.08. The second kappa shape index (κ2) is 4.94. The summed E-state index contributed by atoms with van der Waals surface area (Å²) in [6.45, 7) is 0. The average molecular weight is 268 g/mol. The van der Waals surface area contributed by atoms with Gasteiger partial charge in [-0.2, -0.15) is 27.8 Å². The third-order valence-corrected chi connectivity index (χ3v) is 2.16. The maximum Gasteiger partial charge on any atom is 0.255 e. The van der Waals surface area contributed by atoms with E-state index in [0.29, 0.717) is 5.56 Å². The first-order valence-electron chi connectivity index (χ1n) is 4.91. The third kappa shape index (κ3) is 2.47. The van der Waals surface area contributed by atoms with E-state index in [1.165, 1.54) is 24.3 Å². The molecule has 0 amide bonds. The lowest BCUT2D eigenvalue weighted by molar-refractivity contribution is 0.343. The number of ether oxygens (including phenoxy) is 1. The molecule has 0 N–H and O–H groups in total. The minimum atomic E-state index is -1.80. The zero-order valence-corrected chi connectivity index (χ0v) is 9.12. The first-order valence-corrected chi connectivity index (χ1v) is 4.91. The molecule has 0 aliphatic rings. The Morgan fingerprint density at radius 2 is 1.47 bits per heavy atom. The summed E-state index contributed by atoms with van der Waals surface area (Å²) < 4.78 is 56.9. The van der Waals surface area contributed by atoms with Crippen LogP contribution in [0.25, 0.3) is 0 Å². The van der Waals surface area contributed by atoms with Crippen LogP contribution in [-0.4, -0.2) is 4.98 Å². The van der Waals surface area contributed by atoms with Gasteiger partial charge in [0.05, 0.1) is 11.6 Å². The molecule has 0 aliphatic carbocycles. The van der Waals surface area contributed by atoms with Gasteiger partial charge in [-0.3, -0.25) is 0 Å². The van der Waals surface area contributed by atoms with Gasteiger partial charge in [-0.15, -0.1) is 0 Å². The predicted molar refractivity (Wildman–Crippen MR) is 55.3 cm³/mol. The number of nitriles is 1. The maximum absolute atomic E-state index is 13.3. The molecule has 0 spiro atoms. The fourth-order valence-corrected chi connectivity index (χ4v) is 1.27. The van der Waals surface area contributed by atoms with Gasteiger partial charge < -0.3 is 4.74 Å². The van der Waals surface area contributed by atoms with Crippen LogP contribution >= 0.6 is 0 Å². The van der Waals surface area contributed by atoms with Crippen LogP contribution in [0.3, 0.4) is 0 Å². The van der Waals surface area contributed by atoms with Gasteiger partial charge in [0, 0.05) is 0 Å². The molecule has 7 heteroatoms. The van der Waals surface area contributed by atoms with Gasteiger partial charge in [0.25, 0.3) is 11.9 Å². The van der Waals surface area contributed by atoms with E-state index in [2.05, 4.69) is 4.98 Å². The first kappa shape index (κ1) is 12.8. The molecular formula is C12H4F4N2O. The third-order valence-electron chi connectivity index (χ3n) is 2.16. The molecule has 2 aromatic rings. The summed E-state index contributed by atoms with van der Waals surface area (Å²) in [6.07, 6.45) is 0. The molecule has 2 rings (SSSR count). The number of halogens is 4. The van der Waals surface area contributed by atoms with Crippen LogP contribution in [0.5, 0.6) is 11.5 Å². The molecule has 1 aromatic carbocycles. The number of nitrogens with zero attached hydrogens (tertiary/aromatic N) is 2. The Labute approximate surface area is 104 Å². The van der Waals surface area contributed by atoms with Gasteiger partial charge in [-0.25, -0.2) is 0 Å². The molecule has 1 heterocycles. The van der Waals surface area contributed by atoms with E-state index in [1.807, 2.05) is 6.07 Å². The van der Waals surface area contributed by atoms with Gasteiger partial charge in [0.2, 0.25) is 17.4 Å². The topological polar surface area (TPSA) is 45.9 Å². The predicted octanol–water partition coefficient (Wildman–Crippen LogP) is 3.30. The van der Waals surface area contributed by atoms with E-state index in [-0.39, 0.29) is 5.75 Å². The second-order valence-electron chi connectivity index (χ2n) is 3.39. The number of rotatable bonds is 2. The molecule has 0 radical (unpaired) electrons. The molecule has 0 unspecified atom stereocenters. The highest BCUT2D eigenvalue weighted by atomic mass is 19.2. The molecule has 3 nitrogen and oxygen atoms in total. The highest BCUT2D eigenvalue weighted by Crippen LogP contribution is 2.29. The highest BCUT2D eigenvalue weighted by Gasteiger charge is 2.22. The number of pyridine rings is 1. The van der Waals surface area contributed by atoms with Crippen molar-refractivity contribution in [3.63, 3.8) is 0 Å². The van der Waals surface area contributed by atoms with Gasteiger partial charge in [-0.1, -0.05) is 0 Å². The summed E-state index contributed by atoms with van der Waals surface area (Å²) in [7, 11) is 0. The van der Waals surface area contributed by atoms with E-state index in [0.717, 1.165) is 0 Å². The van der Waals surface area contributed by atoms with Crippen LogP contribution in [0.15, 0.2) is 24.3 Å². The normalized spacial score (nSPS) is 10.1. The molecule has 0 saturated heterocycles. The summed E-state index contributed by atoms with van der Waals surface area (Å²) in [5.41, 5.74) is 0.292. The maximum atomic E-state index is 13.3. The van der Waals surface area contributed by atoms with Gasteiger partial charge in [0.1, 0.15) is 5.75 Å². The Balaban J connectivity index is 2.40. The first-order chi connectivity index (χ1) is 9.02. The van der Waals surface area contributed by atoms with E-state index >= 15 is 0 Å². The molecule has 19 heavy (non-hydrogen) atoms. The lowest BCUT2D eigenvalue weighted by Crippen LogP contribution is -2.03. The van der Waals surface area contributed by atoms with Gasteiger partial charge >= 0.3 is 0 Å². The van der Waals surface area contributed by atoms with Crippen molar-refractivity contribution in [1.29, 1.82) is 5.26 Å². The Morgan fingerprint density at radius 1 is 0.947 bits per heavy atom. The standard InChI is InChI=1S/C12H4F4N2O/c13-8-10(9(14)12(16)18-11(8)15)19-7-3-1-6(5-17)2-4-7/h1-4H. The summed E-state index contributed by atoms with van der Waals surface area (Å²) in [6, 6.07) is 6.92. The molecule has 0 bridgehead atoms. The molecule has 0 aliphatic heterocycles. The van der Waals surface area contributed by atoms with Crippen LogP contribution in [-0.2, 0) is 0 Å². The number of hydrogen-bond acceptors (Lipinski definition) is 3. The largest absolute Gasteiger partial charge is 0.451 e. The second-order valence-corrected chi connectivity index (χ2v) is 3.39. The van der Waals surface area contributed by atoms with Crippen LogP contribution in [0.4, 0.5) is 17.6 Å². The van der Waals surface area contributed by atoms with Crippen molar-refractivity contribution >= 4 is 0 Å². The molecular weight excluding hydrogens is 264 g/mol. The summed E-state index contributed by atoms with van der Waals surface area (Å²) in [5.74, 6) is -8.38. The Kier molecular flexibility index (Phi) is 3.33. The number of hydrogen-bond donors (Lipinski definition) is 0. The summed E-state index contributed by atoms with van der Waals surface area (Å²) in [5, 5.41) is 8.56. The van der Waals surface area contributed by atoms with Crippen molar-refractivity contribution in [3.05, 3.63) is 53.4 Å². The van der Waals surface area contributed by atoms with E-state index in [4.69, 9.17) is 10.00 Å². The monoisotopic (exact) mass is 268 g/mol.